The van der Waals surface area contributed by atoms with Crippen molar-refractivity contribution < 1.29 is 9.47 Å². The van der Waals surface area contributed by atoms with Gasteiger partial charge in [-0.05, 0) is 42.7 Å². The van der Waals surface area contributed by atoms with E-state index in [9.17, 15) is 0 Å². The van der Waals surface area contributed by atoms with E-state index in [0.717, 1.165) is 23.4 Å². The van der Waals surface area contributed by atoms with Gasteiger partial charge in [0.05, 0.1) is 26.4 Å². The zero-order valence-corrected chi connectivity index (χ0v) is 17.7. The molecule has 0 saturated heterocycles. The van der Waals surface area contributed by atoms with Crippen LogP contribution in [0.2, 0.25) is 0 Å². The molecule has 0 aliphatic rings. The lowest BCUT2D eigenvalue weighted by molar-refractivity contribution is 0.0453. The molecule has 2 aromatic carbocycles. The number of nitrogens with one attached hydrogen (secondary N) is 1. The SMILES string of the molecule is CCOCCOCc1cccc(CN=C(N)Nc2cccc(C)c2)c1.I. The number of benzene rings is 2. The summed E-state index contributed by atoms with van der Waals surface area (Å²) < 4.78 is 10.8. The van der Waals surface area contributed by atoms with Crippen LogP contribution >= 0.6 is 24.0 Å². The van der Waals surface area contributed by atoms with Crippen molar-refractivity contribution in [3.8, 4) is 0 Å². The van der Waals surface area contributed by atoms with Gasteiger partial charge in [0.2, 0.25) is 0 Å². The van der Waals surface area contributed by atoms with Gasteiger partial charge in [-0.3, -0.25) is 0 Å². The molecule has 0 atom stereocenters. The molecule has 0 aliphatic carbocycles. The van der Waals surface area contributed by atoms with Gasteiger partial charge in [0, 0.05) is 12.3 Å². The zero-order chi connectivity index (χ0) is 17.9. The summed E-state index contributed by atoms with van der Waals surface area (Å²) in [6.45, 7) is 7.06. The third-order valence-corrected chi connectivity index (χ3v) is 3.56. The van der Waals surface area contributed by atoms with Crippen LogP contribution in [0.25, 0.3) is 0 Å². The number of nitrogens with two attached hydrogens (primary N) is 1. The number of rotatable bonds is 9. The molecule has 0 radical (unpaired) electrons. The summed E-state index contributed by atoms with van der Waals surface area (Å²) in [5, 5.41) is 3.11. The van der Waals surface area contributed by atoms with E-state index in [0.29, 0.717) is 32.3 Å². The fraction of sp³-hybridized carbons (Fsp3) is 0.350. The fourth-order valence-electron chi connectivity index (χ4n) is 2.36. The molecule has 0 bridgehead atoms. The molecule has 0 fully saturated rings. The Bertz CT molecular complexity index is 692. The molecule has 2 aromatic rings. The van der Waals surface area contributed by atoms with Crippen molar-refractivity contribution in [1.29, 1.82) is 0 Å². The molecule has 0 aliphatic heterocycles. The van der Waals surface area contributed by atoms with Crippen molar-refractivity contribution in [3.63, 3.8) is 0 Å². The number of anilines is 1. The van der Waals surface area contributed by atoms with E-state index < -0.39 is 0 Å². The van der Waals surface area contributed by atoms with Gasteiger partial charge < -0.3 is 20.5 Å². The van der Waals surface area contributed by atoms with E-state index in [1.54, 1.807) is 0 Å². The largest absolute Gasteiger partial charge is 0.379 e. The number of ether oxygens (including phenoxy) is 2. The Morgan fingerprint density at radius 3 is 2.54 bits per heavy atom. The molecule has 2 rings (SSSR count). The molecule has 6 heteroatoms. The summed E-state index contributed by atoms with van der Waals surface area (Å²) in [5.74, 6) is 0.406. The Labute approximate surface area is 173 Å². The first-order valence-electron chi connectivity index (χ1n) is 8.54. The maximum Gasteiger partial charge on any atom is 0.193 e. The Kier molecular flexibility index (Phi) is 10.9. The van der Waals surface area contributed by atoms with Crippen LogP contribution in [0.15, 0.2) is 53.5 Å². The summed E-state index contributed by atoms with van der Waals surface area (Å²) in [6.07, 6.45) is 0. The van der Waals surface area contributed by atoms with E-state index in [1.807, 2.05) is 56.3 Å². The predicted octanol–water partition coefficient (Wildman–Crippen LogP) is 4.09. The number of guanidine groups is 1. The second-order valence-electron chi connectivity index (χ2n) is 5.77. The van der Waals surface area contributed by atoms with Crippen LogP contribution < -0.4 is 11.1 Å². The fourth-order valence-corrected chi connectivity index (χ4v) is 2.36. The second kappa shape index (κ2) is 12.7. The highest BCUT2D eigenvalue weighted by molar-refractivity contribution is 14.0. The van der Waals surface area contributed by atoms with E-state index in [2.05, 4.69) is 16.4 Å². The first kappa shape index (κ1) is 22.4. The number of hydrogen-bond acceptors (Lipinski definition) is 3. The van der Waals surface area contributed by atoms with Crippen molar-refractivity contribution in [2.24, 2.45) is 10.7 Å². The Hall–Kier alpha value is -1.64. The molecular weight excluding hydrogens is 441 g/mol. The lowest BCUT2D eigenvalue weighted by atomic mass is 10.1. The van der Waals surface area contributed by atoms with Gasteiger partial charge in [-0.15, -0.1) is 24.0 Å². The molecular formula is C20H28IN3O2. The van der Waals surface area contributed by atoms with Gasteiger partial charge in [-0.1, -0.05) is 36.4 Å². The van der Waals surface area contributed by atoms with E-state index in [4.69, 9.17) is 15.2 Å². The molecule has 0 saturated carbocycles. The standard InChI is InChI=1S/C20H27N3O2.HI/c1-3-24-10-11-25-15-18-8-5-7-17(13-18)14-22-20(21)23-19-9-4-6-16(2)12-19;/h4-9,12-13H,3,10-11,14-15H2,1-2H3,(H3,21,22,23);1H. The highest BCUT2D eigenvalue weighted by Crippen LogP contribution is 2.10. The minimum Gasteiger partial charge on any atom is -0.379 e. The van der Waals surface area contributed by atoms with Crippen molar-refractivity contribution >= 4 is 35.6 Å². The molecule has 26 heavy (non-hydrogen) atoms. The van der Waals surface area contributed by atoms with Crippen molar-refractivity contribution in [1.82, 2.24) is 0 Å². The average Bonchev–Trinajstić information content (AvgIpc) is 2.60. The molecule has 142 valence electrons. The van der Waals surface area contributed by atoms with Gasteiger partial charge in [0.15, 0.2) is 5.96 Å². The monoisotopic (exact) mass is 469 g/mol. The van der Waals surface area contributed by atoms with Crippen LogP contribution in [-0.2, 0) is 22.6 Å². The highest BCUT2D eigenvalue weighted by Gasteiger charge is 1.99. The molecule has 0 aromatic heterocycles. The molecule has 0 heterocycles. The number of aryl methyl sites for hydroxylation is 1. The highest BCUT2D eigenvalue weighted by atomic mass is 127. The van der Waals surface area contributed by atoms with E-state index in [-0.39, 0.29) is 24.0 Å². The molecule has 0 spiro atoms. The minimum atomic E-state index is 0. The number of aliphatic imine (C=N–C) groups is 1. The maximum absolute atomic E-state index is 5.97. The number of halogens is 1. The summed E-state index contributed by atoms with van der Waals surface area (Å²) in [7, 11) is 0. The summed E-state index contributed by atoms with van der Waals surface area (Å²) in [6, 6.07) is 16.2. The molecule has 0 unspecified atom stereocenters. The first-order valence-corrected chi connectivity index (χ1v) is 8.54. The van der Waals surface area contributed by atoms with Gasteiger partial charge in [0.25, 0.3) is 0 Å². The second-order valence-corrected chi connectivity index (χ2v) is 5.77. The maximum atomic E-state index is 5.97. The van der Waals surface area contributed by atoms with Crippen molar-refractivity contribution in [2.45, 2.75) is 27.0 Å². The summed E-state index contributed by atoms with van der Waals surface area (Å²) in [5.41, 5.74) is 10.3. The molecule has 5 nitrogen and oxygen atoms in total. The van der Waals surface area contributed by atoms with Crippen LogP contribution in [0.5, 0.6) is 0 Å². The summed E-state index contributed by atoms with van der Waals surface area (Å²) >= 11 is 0. The Balaban J connectivity index is 0.00000338. The third kappa shape index (κ3) is 8.64. The van der Waals surface area contributed by atoms with Crippen LogP contribution in [-0.4, -0.2) is 25.8 Å². The van der Waals surface area contributed by atoms with Gasteiger partial charge in [-0.2, -0.15) is 0 Å². The summed E-state index contributed by atoms with van der Waals surface area (Å²) in [4.78, 5) is 4.40. The normalized spacial score (nSPS) is 11.1. The smallest absolute Gasteiger partial charge is 0.193 e. The van der Waals surface area contributed by atoms with Crippen LogP contribution in [0.1, 0.15) is 23.6 Å². The minimum absolute atomic E-state index is 0. The third-order valence-electron chi connectivity index (χ3n) is 3.56. The lowest BCUT2D eigenvalue weighted by Crippen LogP contribution is -2.22. The Morgan fingerprint density at radius 2 is 1.77 bits per heavy atom. The van der Waals surface area contributed by atoms with Gasteiger partial charge in [0.1, 0.15) is 0 Å². The quantitative estimate of drug-likeness (QED) is 0.251. The van der Waals surface area contributed by atoms with Crippen LogP contribution in [0.4, 0.5) is 5.69 Å². The number of hydrogen-bond donors (Lipinski definition) is 2. The van der Waals surface area contributed by atoms with E-state index >= 15 is 0 Å². The first-order chi connectivity index (χ1) is 12.2. The van der Waals surface area contributed by atoms with Crippen LogP contribution in [0.3, 0.4) is 0 Å². The van der Waals surface area contributed by atoms with Crippen LogP contribution in [0, 0.1) is 6.92 Å². The zero-order valence-electron chi connectivity index (χ0n) is 15.4. The average molecular weight is 469 g/mol. The van der Waals surface area contributed by atoms with E-state index in [1.165, 1.54) is 5.56 Å². The number of nitrogens with zero attached hydrogens (tertiary/aromatic N) is 1. The van der Waals surface area contributed by atoms with Crippen molar-refractivity contribution in [2.75, 3.05) is 25.1 Å². The Morgan fingerprint density at radius 1 is 1.04 bits per heavy atom. The predicted molar refractivity (Wildman–Crippen MR) is 118 cm³/mol. The van der Waals surface area contributed by atoms with Crippen molar-refractivity contribution in [3.05, 3.63) is 65.2 Å². The topological polar surface area (TPSA) is 68.9 Å². The van der Waals surface area contributed by atoms with Gasteiger partial charge >= 0.3 is 0 Å². The molecule has 0 amide bonds. The van der Waals surface area contributed by atoms with Gasteiger partial charge in [-0.25, -0.2) is 4.99 Å². The lowest BCUT2D eigenvalue weighted by Gasteiger charge is -2.08. The molecule has 3 N–H and O–H groups in total.